The molecule has 0 saturated carbocycles. The molecule has 0 aromatic carbocycles. The Kier molecular flexibility index (Phi) is 5.77. The van der Waals surface area contributed by atoms with E-state index < -0.39 is 0 Å². The fourth-order valence-electron chi connectivity index (χ4n) is 6.11. The molecule has 3 saturated heterocycles. The van der Waals surface area contributed by atoms with Crippen LogP contribution in [-0.2, 0) is 16.0 Å². The number of thiophene rings is 1. The predicted octanol–water partition coefficient (Wildman–Crippen LogP) is 3.11. The van der Waals surface area contributed by atoms with Crippen molar-refractivity contribution in [1.82, 2.24) is 14.7 Å². The lowest BCUT2D eigenvalue weighted by Gasteiger charge is -2.47. The van der Waals surface area contributed by atoms with Crippen molar-refractivity contribution in [3.05, 3.63) is 22.4 Å². The number of fused-ring (bicyclic) bond motifs is 1. The zero-order valence-corrected chi connectivity index (χ0v) is 19.0. The van der Waals surface area contributed by atoms with E-state index in [1.165, 1.54) is 0 Å². The molecule has 3 aliphatic heterocycles. The second-order valence-corrected chi connectivity index (χ2v) is 10.5. The van der Waals surface area contributed by atoms with E-state index >= 15 is 0 Å². The van der Waals surface area contributed by atoms with Crippen molar-refractivity contribution in [3.8, 4) is 0 Å². The summed E-state index contributed by atoms with van der Waals surface area (Å²) in [5.74, 6) is 1.22. The maximum absolute atomic E-state index is 13.5. The summed E-state index contributed by atoms with van der Waals surface area (Å²) in [6.07, 6.45) is 3.40. The van der Waals surface area contributed by atoms with E-state index in [1.807, 2.05) is 16.3 Å². The van der Waals surface area contributed by atoms with Gasteiger partial charge in [0.2, 0.25) is 11.8 Å². The van der Waals surface area contributed by atoms with E-state index in [2.05, 4.69) is 36.0 Å². The normalized spacial score (nSPS) is 27.1. The van der Waals surface area contributed by atoms with E-state index in [-0.39, 0.29) is 16.7 Å². The first-order valence-corrected chi connectivity index (χ1v) is 12.1. The number of carbonyl (C=O) groups is 2. The van der Waals surface area contributed by atoms with Crippen molar-refractivity contribution in [1.29, 1.82) is 0 Å². The van der Waals surface area contributed by atoms with Crippen molar-refractivity contribution in [2.45, 2.75) is 46.5 Å². The van der Waals surface area contributed by atoms with Gasteiger partial charge in [0.1, 0.15) is 0 Å². The van der Waals surface area contributed by atoms with E-state index in [9.17, 15) is 9.59 Å². The van der Waals surface area contributed by atoms with Crippen LogP contribution in [0.5, 0.6) is 0 Å². The van der Waals surface area contributed by atoms with Crippen molar-refractivity contribution >= 4 is 23.2 Å². The highest BCUT2D eigenvalue weighted by Crippen LogP contribution is 2.57. The van der Waals surface area contributed by atoms with Crippen LogP contribution in [0.2, 0.25) is 0 Å². The molecule has 6 heteroatoms. The number of piperidine rings is 1. The van der Waals surface area contributed by atoms with Crippen LogP contribution in [0, 0.1) is 16.7 Å². The number of carbonyl (C=O) groups excluding carboxylic acids is 2. The number of rotatable bonds is 5. The van der Waals surface area contributed by atoms with Gasteiger partial charge in [-0.05, 0) is 54.5 Å². The van der Waals surface area contributed by atoms with Gasteiger partial charge in [0, 0.05) is 51.2 Å². The van der Waals surface area contributed by atoms with Crippen molar-refractivity contribution < 1.29 is 9.59 Å². The Bertz CT molecular complexity index is 739. The number of hydrogen-bond acceptors (Lipinski definition) is 4. The van der Waals surface area contributed by atoms with Crippen molar-refractivity contribution in [2.75, 3.05) is 45.8 Å². The van der Waals surface area contributed by atoms with Crippen LogP contribution in [-0.4, -0.2) is 72.3 Å². The largest absolute Gasteiger partial charge is 0.342 e. The van der Waals surface area contributed by atoms with E-state index in [1.54, 1.807) is 11.3 Å². The molecule has 0 bridgehead atoms. The van der Waals surface area contributed by atoms with Gasteiger partial charge < -0.3 is 14.7 Å². The minimum atomic E-state index is -0.236. The molecule has 29 heavy (non-hydrogen) atoms. The second-order valence-electron chi connectivity index (χ2n) is 9.75. The Morgan fingerprint density at radius 1 is 1.17 bits per heavy atom. The van der Waals surface area contributed by atoms with E-state index in [4.69, 9.17) is 0 Å². The van der Waals surface area contributed by atoms with Gasteiger partial charge in [-0.3, -0.25) is 9.59 Å². The lowest BCUT2D eigenvalue weighted by Crippen LogP contribution is -2.53. The summed E-state index contributed by atoms with van der Waals surface area (Å²) < 4.78 is 0. The SMILES string of the molecule is CCN1CCC2(CN(CC(C)C)CC23CCN(C(=O)Cc2ccsc2)CC3)C1=O. The van der Waals surface area contributed by atoms with Gasteiger partial charge in [-0.1, -0.05) is 13.8 Å². The summed E-state index contributed by atoms with van der Waals surface area (Å²) in [5, 5.41) is 4.10. The highest BCUT2D eigenvalue weighted by atomic mass is 32.1. The molecule has 1 unspecified atom stereocenters. The van der Waals surface area contributed by atoms with Crippen LogP contribution in [0.3, 0.4) is 0 Å². The molecular formula is C23H35N3O2S. The van der Waals surface area contributed by atoms with Crippen LogP contribution >= 0.6 is 11.3 Å². The van der Waals surface area contributed by atoms with Gasteiger partial charge in [-0.25, -0.2) is 0 Å². The lowest BCUT2D eigenvalue weighted by atomic mass is 9.60. The highest BCUT2D eigenvalue weighted by molar-refractivity contribution is 7.08. The molecular weight excluding hydrogens is 382 g/mol. The fourth-order valence-corrected chi connectivity index (χ4v) is 6.78. The Hall–Kier alpha value is -1.40. The summed E-state index contributed by atoms with van der Waals surface area (Å²) >= 11 is 1.65. The van der Waals surface area contributed by atoms with Gasteiger partial charge in [0.25, 0.3) is 0 Å². The third-order valence-electron chi connectivity index (χ3n) is 7.55. The lowest BCUT2D eigenvalue weighted by molar-refractivity contribution is -0.143. The van der Waals surface area contributed by atoms with Crippen LogP contribution < -0.4 is 0 Å². The molecule has 1 aromatic rings. The quantitative estimate of drug-likeness (QED) is 0.739. The van der Waals surface area contributed by atoms with E-state index in [0.29, 0.717) is 18.2 Å². The Morgan fingerprint density at radius 2 is 1.93 bits per heavy atom. The molecule has 4 rings (SSSR count). The summed E-state index contributed by atoms with van der Waals surface area (Å²) in [5.41, 5.74) is 0.910. The Labute approximate surface area is 179 Å². The Morgan fingerprint density at radius 3 is 2.52 bits per heavy atom. The fraction of sp³-hybridized carbons (Fsp3) is 0.739. The summed E-state index contributed by atoms with van der Waals surface area (Å²) in [6, 6.07) is 2.04. The first kappa shape index (κ1) is 20.9. The van der Waals surface area contributed by atoms with Crippen LogP contribution in [0.1, 0.15) is 45.6 Å². The van der Waals surface area contributed by atoms with Gasteiger partial charge >= 0.3 is 0 Å². The molecule has 160 valence electrons. The molecule has 3 aliphatic rings. The second kappa shape index (κ2) is 8.03. The molecule has 4 heterocycles. The van der Waals surface area contributed by atoms with Gasteiger partial charge in [-0.2, -0.15) is 11.3 Å². The molecule has 3 fully saturated rings. The zero-order valence-electron chi connectivity index (χ0n) is 18.2. The molecule has 5 nitrogen and oxygen atoms in total. The van der Waals surface area contributed by atoms with Gasteiger partial charge in [0.15, 0.2) is 0 Å². The molecule has 0 aliphatic carbocycles. The van der Waals surface area contributed by atoms with E-state index in [0.717, 1.165) is 70.6 Å². The third kappa shape index (κ3) is 3.63. The summed E-state index contributed by atoms with van der Waals surface area (Å²) in [6.45, 7) is 12.9. The van der Waals surface area contributed by atoms with Gasteiger partial charge in [0.05, 0.1) is 11.8 Å². The zero-order chi connectivity index (χ0) is 20.6. The molecule has 1 aromatic heterocycles. The number of nitrogens with zero attached hydrogens (tertiary/aromatic N) is 3. The molecule has 2 spiro atoms. The average molecular weight is 418 g/mol. The molecule has 0 N–H and O–H groups in total. The first-order chi connectivity index (χ1) is 13.9. The number of hydrogen-bond donors (Lipinski definition) is 0. The maximum atomic E-state index is 13.5. The third-order valence-corrected chi connectivity index (χ3v) is 8.29. The van der Waals surface area contributed by atoms with Gasteiger partial charge in [-0.15, -0.1) is 0 Å². The number of amides is 2. The molecule has 1 atom stereocenters. The van der Waals surface area contributed by atoms with Crippen LogP contribution in [0.15, 0.2) is 16.8 Å². The smallest absolute Gasteiger partial charge is 0.230 e. The van der Waals surface area contributed by atoms with Crippen molar-refractivity contribution in [3.63, 3.8) is 0 Å². The molecule has 2 amide bonds. The van der Waals surface area contributed by atoms with Crippen molar-refractivity contribution in [2.24, 2.45) is 16.7 Å². The van der Waals surface area contributed by atoms with Crippen LogP contribution in [0.4, 0.5) is 0 Å². The molecule has 0 radical (unpaired) electrons. The monoisotopic (exact) mass is 417 g/mol. The maximum Gasteiger partial charge on any atom is 0.230 e. The predicted molar refractivity (Wildman–Crippen MR) is 117 cm³/mol. The average Bonchev–Trinajstić information content (AvgIpc) is 3.37. The Balaban J connectivity index is 1.50. The standard InChI is InChI=1S/C23H35N3O2S/c1-4-25-11-8-23(21(25)28)17-24(14-18(2)3)16-22(23)6-9-26(10-7-22)20(27)13-19-5-12-29-15-19/h5,12,15,18H,4,6-11,13-14,16-17H2,1-3H3. The van der Waals surface area contributed by atoms with Crippen LogP contribution in [0.25, 0.3) is 0 Å². The first-order valence-electron chi connectivity index (χ1n) is 11.2. The highest BCUT2D eigenvalue weighted by Gasteiger charge is 2.64. The summed E-state index contributed by atoms with van der Waals surface area (Å²) in [4.78, 5) is 33.0. The summed E-state index contributed by atoms with van der Waals surface area (Å²) in [7, 11) is 0. The minimum absolute atomic E-state index is 0.0298. The topological polar surface area (TPSA) is 43.9 Å². The minimum Gasteiger partial charge on any atom is -0.342 e. The number of likely N-dealkylation sites (tertiary alicyclic amines) is 3.